The number of nitrogens with zero attached hydrogens (tertiary/aromatic N) is 2. The molecule has 1 atom stereocenters. The Balaban J connectivity index is 1.47. The van der Waals surface area contributed by atoms with E-state index in [1.165, 1.54) is 0 Å². The molecule has 3 heterocycles. The Labute approximate surface area is 226 Å². The maximum Gasteiger partial charge on any atom is 0.242 e. The molecule has 198 valence electrons. The lowest BCUT2D eigenvalue weighted by Gasteiger charge is -2.29. The molecule has 0 saturated carbocycles. The van der Waals surface area contributed by atoms with Crippen LogP contribution in [0.25, 0.3) is 0 Å². The molecular weight excluding hydrogens is 508 g/mol. The van der Waals surface area contributed by atoms with Gasteiger partial charge < -0.3 is 24.0 Å². The zero-order valence-corrected chi connectivity index (χ0v) is 23.0. The molecule has 3 aromatic rings. The van der Waals surface area contributed by atoms with Crippen molar-refractivity contribution in [3.05, 3.63) is 68.5 Å². The number of rotatable bonds is 13. The Kier molecular flexibility index (Phi) is 9.99. The van der Waals surface area contributed by atoms with Gasteiger partial charge in [0, 0.05) is 29.5 Å². The Bertz CT molecular complexity index is 1130. The smallest absolute Gasteiger partial charge is 0.242 e. The van der Waals surface area contributed by atoms with Crippen LogP contribution >= 0.6 is 22.7 Å². The van der Waals surface area contributed by atoms with Crippen LogP contribution in [0.5, 0.6) is 11.5 Å². The number of methoxy groups -OCH3 is 2. The predicted octanol–water partition coefficient (Wildman–Crippen LogP) is 4.65. The second kappa shape index (κ2) is 13.6. The minimum atomic E-state index is -0.0635. The highest BCUT2D eigenvalue weighted by molar-refractivity contribution is 7.10. The summed E-state index contributed by atoms with van der Waals surface area (Å²) in [6, 6.07) is 13.7. The molecule has 7 nitrogen and oxygen atoms in total. The second-order valence-electron chi connectivity index (χ2n) is 9.00. The summed E-state index contributed by atoms with van der Waals surface area (Å²) in [5, 5.41) is 3.98. The zero-order valence-electron chi connectivity index (χ0n) is 21.4. The van der Waals surface area contributed by atoms with Gasteiger partial charge in [-0.05, 0) is 59.9 Å². The van der Waals surface area contributed by atoms with E-state index in [-0.39, 0.29) is 24.5 Å². The maximum atomic E-state index is 13.7. The average Bonchev–Trinajstić information content (AvgIpc) is 3.70. The van der Waals surface area contributed by atoms with Crippen LogP contribution < -0.4 is 9.47 Å². The third-order valence-corrected chi connectivity index (χ3v) is 8.17. The van der Waals surface area contributed by atoms with Crippen molar-refractivity contribution in [2.75, 3.05) is 40.5 Å². The summed E-state index contributed by atoms with van der Waals surface area (Å²) in [6.45, 7) is 2.23. The third kappa shape index (κ3) is 7.80. The lowest BCUT2D eigenvalue weighted by molar-refractivity contribution is -0.141. The molecule has 0 aliphatic carbocycles. The predicted molar refractivity (Wildman–Crippen MR) is 147 cm³/mol. The molecule has 0 spiro atoms. The Morgan fingerprint density at radius 3 is 2.38 bits per heavy atom. The van der Waals surface area contributed by atoms with E-state index in [9.17, 15) is 9.59 Å². The molecule has 1 aliphatic rings. The van der Waals surface area contributed by atoms with Crippen molar-refractivity contribution in [2.45, 2.75) is 38.3 Å². The van der Waals surface area contributed by atoms with Crippen LogP contribution in [-0.4, -0.2) is 68.2 Å². The van der Waals surface area contributed by atoms with Crippen molar-refractivity contribution in [3.8, 4) is 11.5 Å². The van der Waals surface area contributed by atoms with E-state index in [0.29, 0.717) is 50.6 Å². The van der Waals surface area contributed by atoms with Crippen molar-refractivity contribution >= 4 is 34.5 Å². The van der Waals surface area contributed by atoms with Crippen molar-refractivity contribution < 1.29 is 23.8 Å². The first-order chi connectivity index (χ1) is 18.1. The Hall–Kier alpha value is -2.88. The molecular formula is C28H34N2O5S2. The van der Waals surface area contributed by atoms with Crippen LogP contribution in [0.4, 0.5) is 0 Å². The van der Waals surface area contributed by atoms with E-state index in [4.69, 9.17) is 14.2 Å². The second-order valence-corrected chi connectivity index (χ2v) is 11.1. The fourth-order valence-corrected chi connectivity index (χ4v) is 5.82. The quantitative estimate of drug-likeness (QED) is 0.315. The molecule has 9 heteroatoms. The molecule has 2 aromatic heterocycles. The summed E-state index contributed by atoms with van der Waals surface area (Å²) in [4.78, 5) is 32.6. The average molecular weight is 543 g/mol. The van der Waals surface area contributed by atoms with Crippen molar-refractivity contribution in [1.82, 2.24) is 9.80 Å². The number of amides is 2. The van der Waals surface area contributed by atoms with Gasteiger partial charge in [0.05, 0.1) is 39.8 Å². The maximum absolute atomic E-state index is 13.7. The first-order valence-electron chi connectivity index (χ1n) is 12.5. The van der Waals surface area contributed by atoms with Crippen LogP contribution in [0.1, 0.15) is 28.2 Å². The summed E-state index contributed by atoms with van der Waals surface area (Å²) in [7, 11) is 3.23. The van der Waals surface area contributed by atoms with Crippen molar-refractivity contribution in [1.29, 1.82) is 0 Å². The molecule has 2 amide bonds. The minimum Gasteiger partial charge on any atom is -0.493 e. The van der Waals surface area contributed by atoms with Crippen LogP contribution in [0.3, 0.4) is 0 Å². The Morgan fingerprint density at radius 1 is 0.973 bits per heavy atom. The van der Waals surface area contributed by atoms with E-state index < -0.39 is 0 Å². The summed E-state index contributed by atoms with van der Waals surface area (Å²) in [5.74, 6) is 1.23. The van der Waals surface area contributed by atoms with E-state index in [1.54, 1.807) is 41.8 Å². The van der Waals surface area contributed by atoms with Gasteiger partial charge in [-0.2, -0.15) is 0 Å². The first-order valence-corrected chi connectivity index (χ1v) is 14.2. The molecule has 1 aliphatic heterocycles. The minimum absolute atomic E-state index is 0.0161. The largest absolute Gasteiger partial charge is 0.493 e. The van der Waals surface area contributed by atoms with Gasteiger partial charge in [-0.25, -0.2) is 0 Å². The van der Waals surface area contributed by atoms with Crippen LogP contribution in [-0.2, 0) is 33.7 Å². The molecule has 1 aromatic carbocycles. The van der Waals surface area contributed by atoms with Gasteiger partial charge in [-0.15, -0.1) is 22.7 Å². The Morgan fingerprint density at radius 2 is 1.73 bits per heavy atom. The number of hydrogen-bond donors (Lipinski definition) is 0. The first kappa shape index (κ1) is 27.2. The molecule has 0 radical (unpaired) electrons. The van der Waals surface area contributed by atoms with Gasteiger partial charge in [-0.1, -0.05) is 18.2 Å². The lowest BCUT2D eigenvalue weighted by atomic mass is 10.1. The molecule has 4 rings (SSSR count). The third-order valence-electron chi connectivity index (χ3n) is 6.43. The van der Waals surface area contributed by atoms with Crippen molar-refractivity contribution in [2.24, 2.45) is 0 Å². The topological polar surface area (TPSA) is 68.3 Å². The highest BCUT2D eigenvalue weighted by Crippen LogP contribution is 2.28. The number of carbonyl (C=O) groups excluding carboxylic acids is 2. The number of benzene rings is 1. The summed E-state index contributed by atoms with van der Waals surface area (Å²) in [6.07, 6.45) is 2.84. The summed E-state index contributed by atoms with van der Waals surface area (Å²) in [5.41, 5.74) is 1.05. The van der Waals surface area contributed by atoms with Gasteiger partial charge in [0.2, 0.25) is 11.8 Å². The van der Waals surface area contributed by atoms with Crippen LogP contribution in [0, 0.1) is 0 Å². The lowest BCUT2D eigenvalue weighted by Crippen LogP contribution is -2.46. The number of ether oxygens (including phenoxy) is 3. The van der Waals surface area contributed by atoms with E-state index in [1.807, 2.05) is 58.1 Å². The number of hydrogen-bond acceptors (Lipinski definition) is 7. The van der Waals surface area contributed by atoms with Gasteiger partial charge in [-0.3, -0.25) is 9.59 Å². The van der Waals surface area contributed by atoms with E-state index in [0.717, 1.165) is 28.2 Å². The molecule has 1 saturated heterocycles. The van der Waals surface area contributed by atoms with Crippen LogP contribution in [0.2, 0.25) is 0 Å². The summed E-state index contributed by atoms with van der Waals surface area (Å²) < 4.78 is 16.6. The highest BCUT2D eigenvalue weighted by atomic mass is 32.1. The number of carbonyl (C=O) groups is 2. The van der Waals surface area contributed by atoms with Gasteiger partial charge in [0.25, 0.3) is 0 Å². The fourth-order valence-electron chi connectivity index (χ4n) is 4.41. The number of thiophene rings is 2. The molecule has 0 N–H and O–H groups in total. The molecule has 37 heavy (non-hydrogen) atoms. The fraction of sp³-hybridized carbons (Fsp3) is 0.429. The molecule has 1 fully saturated rings. The summed E-state index contributed by atoms with van der Waals surface area (Å²) >= 11 is 3.18. The normalized spacial score (nSPS) is 14.9. The van der Waals surface area contributed by atoms with Gasteiger partial charge >= 0.3 is 0 Å². The molecule has 1 unspecified atom stereocenters. The standard InChI is InChI=1S/C28H34N2O5S2/c1-33-25-10-9-21(16-26(25)34-2)11-12-29(19-24-8-5-15-37-24)28(32)20-30(18-22-6-3-13-35-22)27(31)17-23-7-4-14-36-23/h4-5,7-10,14-16,22H,3,6,11-13,17-20H2,1-2H3. The van der Waals surface area contributed by atoms with Gasteiger partial charge in [0.15, 0.2) is 11.5 Å². The zero-order chi connectivity index (χ0) is 26.0. The van der Waals surface area contributed by atoms with Crippen LogP contribution in [0.15, 0.2) is 53.2 Å². The molecule has 0 bridgehead atoms. The SMILES string of the molecule is COc1ccc(CCN(Cc2cccs2)C(=O)CN(CC2CCCO2)C(=O)Cc2cccs2)cc1OC. The van der Waals surface area contributed by atoms with E-state index in [2.05, 4.69) is 0 Å². The monoisotopic (exact) mass is 542 g/mol. The van der Waals surface area contributed by atoms with Crippen molar-refractivity contribution in [3.63, 3.8) is 0 Å². The highest BCUT2D eigenvalue weighted by Gasteiger charge is 2.27. The van der Waals surface area contributed by atoms with Gasteiger partial charge in [0.1, 0.15) is 0 Å². The van der Waals surface area contributed by atoms with E-state index >= 15 is 0 Å².